The molecule has 0 N–H and O–H groups in total. The van der Waals surface area contributed by atoms with Crippen LogP contribution in [0.4, 0.5) is 0 Å². The number of hydrogen-bond acceptors (Lipinski definition) is 7. The second-order valence-corrected chi connectivity index (χ2v) is 8.37. The molecule has 1 aliphatic rings. The number of nitrogens with zero attached hydrogens (tertiary/aromatic N) is 3. The Bertz CT molecular complexity index is 816. The summed E-state index contributed by atoms with van der Waals surface area (Å²) >= 11 is 1.30. The highest BCUT2D eigenvalue weighted by atomic mass is 32.2. The van der Waals surface area contributed by atoms with E-state index in [1.807, 2.05) is 17.9 Å². The quantitative estimate of drug-likeness (QED) is 0.672. The van der Waals surface area contributed by atoms with Crippen molar-refractivity contribution >= 4 is 17.7 Å². The zero-order valence-electron chi connectivity index (χ0n) is 17.0. The molecule has 1 fully saturated rings. The van der Waals surface area contributed by atoms with Gasteiger partial charge < -0.3 is 18.8 Å². The molecule has 0 bridgehead atoms. The fourth-order valence-corrected chi connectivity index (χ4v) is 4.35. The predicted octanol–water partition coefficient (Wildman–Crippen LogP) is 4.02. The number of piperidine rings is 1. The van der Waals surface area contributed by atoms with Crippen molar-refractivity contribution in [2.75, 3.05) is 14.2 Å². The molecule has 1 aromatic heterocycles. The van der Waals surface area contributed by atoms with Crippen LogP contribution in [-0.2, 0) is 4.79 Å². The van der Waals surface area contributed by atoms with E-state index in [0.29, 0.717) is 22.6 Å². The van der Waals surface area contributed by atoms with Crippen molar-refractivity contribution < 1.29 is 18.7 Å². The first-order chi connectivity index (χ1) is 13.4. The lowest BCUT2D eigenvalue weighted by Crippen LogP contribution is -2.50. The number of methoxy groups -OCH3 is 2. The number of carbonyl (C=O) groups excluding carboxylic acids is 1. The van der Waals surface area contributed by atoms with Crippen LogP contribution in [0.5, 0.6) is 11.5 Å². The summed E-state index contributed by atoms with van der Waals surface area (Å²) in [5.74, 6) is 1.71. The smallest absolute Gasteiger partial charge is 0.277 e. The molecule has 1 amide bonds. The molecule has 152 valence electrons. The van der Waals surface area contributed by atoms with Gasteiger partial charge in [-0.15, -0.1) is 10.2 Å². The van der Waals surface area contributed by atoms with E-state index in [2.05, 4.69) is 24.0 Å². The summed E-state index contributed by atoms with van der Waals surface area (Å²) in [6, 6.07) is 5.94. The van der Waals surface area contributed by atoms with Gasteiger partial charge in [0.05, 0.1) is 19.5 Å². The Labute approximate surface area is 169 Å². The molecule has 1 aliphatic heterocycles. The number of rotatable bonds is 6. The van der Waals surface area contributed by atoms with E-state index in [0.717, 1.165) is 18.4 Å². The molecule has 3 rings (SSSR count). The number of carbonyl (C=O) groups is 1. The van der Waals surface area contributed by atoms with E-state index < -0.39 is 0 Å². The predicted molar refractivity (Wildman–Crippen MR) is 108 cm³/mol. The zero-order chi connectivity index (χ0) is 20.3. The van der Waals surface area contributed by atoms with Crippen LogP contribution in [0.25, 0.3) is 11.5 Å². The Morgan fingerprint density at radius 1 is 1.18 bits per heavy atom. The van der Waals surface area contributed by atoms with Crippen LogP contribution in [0.1, 0.15) is 40.0 Å². The second-order valence-electron chi connectivity index (χ2n) is 7.08. The maximum Gasteiger partial charge on any atom is 0.277 e. The topological polar surface area (TPSA) is 77.7 Å². The number of amides is 1. The number of benzene rings is 1. The average Bonchev–Trinajstić information content (AvgIpc) is 3.15. The Balaban J connectivity index is 1.71. The van der Waals surface area contributed by atoms with E-state index in [4.69, 9.17) is 13.9 Å². The van der Waals surface area contributed by atoms with E-state index >= 15 is 0 Å². The first kappa shape index (κ1) is 20.5. The van der Waals surface area contributed by atoms with Crippen LogP contribution < -0.4 is 9.47 Å². The molecule has 0 spiro atoms. The number of thioether (sulfide) groups is 1. The fourth-order valence-electron chi connectivity index (χ4n) is 3.61. The van der Waals surface area contributed by atoms with Gasteiger partial charge in [0.1, 0.15) is 0 Å². The van der Waals surface area contributed by atoms with Crippen molar-refractivity contribution in [3.63, 3.8) is 0 Å². The number of likely N-dealkylation sites (tertiary alicyclic amines) is 1. The minimum Gasteiger partial charge on any atom is -0.493 e. The van der Waals surface area contributed by atoms with Crippen LogP contribution >= 0.6 is 11.8 Å². The fraction of sp³-hybridized carbons (Fsp3) is 0.550. The summed E-state index contributed by atoms with van der Waals surface area (Å²) in [4.78, 5) is 14.9. The largest absolute Gasteiger partial charge is 0.493 e. The lowest BCUT2D eigenvalue weighted by molar-refractivity contribution is -0.136. The summed E-state index contributed by atoms with van der Waals surface area (Å²) in [5, 5.41) is 8.30. The van der Waals surface area contributed by atoms with Crippen molar-refractivity contribution in [2.45, 2.75) is 62.6 Å². The molecule has 3 atom stereocenters. The van der Waals surface area contributed by atoms with Gasteiger partial charge >= 0.3 is 0 Å². The molecule has 28 heavy (non-hydrogen) atoms. The van der Waals surface area contributed by atoms with E-state index in [9.17, 15) is 4.79 Å². The van der Waals surface area contributed by atoms with Crippen molar-refractivity contribution in [3.05, 3.63) is 18.2 Å². The van der Waals surface area contributed by atoms with Gasteiger partial charge in [-0.1, -0.05) is 11.8 Å². The van der Waals surface area contributed by atoms with Gasteiger partial charge in [0, 0.05) is 17.6 Å². The van der Waals surface area contributed by atoms with Gasteiger partial charge in [-0.05, 0) is 58.2 Å². The zero-order valence-corrected chi connectivity index (χ0v) is 17.8. The SMILES string of the molecule is COc1ccc(-c2nnc(S[C@H](C)C(=O)N3[C@H](C)CCC[C@@H]3C)o2)cc1OC. The third-order valence-corrected chi connectivity index (χ3v) is 6.03. The Hall–Kier alpha value is -2.22. The molecule has 0 unspecified atom stereocenters. The third kappa shape index (κ3) is 4.27. The highest BCUT2D eigenvalue weighted by Gasteiger charge is 2.32. The van der Waals surface area contributed by atoms with E-state index in [1.165, 1.54) is 18.2 Å². The van der Waals surface area contributed by atoms with Gasteiger partial charge in [0.15, 0.2) is 11.5 Å². The third-order valence-electron chi connectivity index (χ3n) is 5.11. The summed E-state index contributed by atoms with van der Waals surface area (Å²) < 4.78 is 16.3. The molecule has 8 heteroatoms. The molecular weight excluding hydrogens is 378 g/mol. The van der Waals surface area contributed by atoms with Gasteiger partial charge in [-0.25, -0.2) is 0 Å². The Morgan fingerprint density at radius 3 is 2.50 bits per heavy atom. The number of hydrogen-bond donors (Lipinski definition) is 0. The maximum atomic E-state index is 12.9. The van der Waals surface area contributed by atoms with Gasteiger partial charge in [0.25, 0.3) is 5.22 Å². The monoisotopic (exact) mass is 405 g/mol. The molecule has 7 nitrogen and oxygen atoms in total. The molecular formula is C20H27N3O4S. The molecule has 0 radical (unpaired) electrons. The maximum absolute atomic E-state index is 12.9. The number of aromatic nitrogens is 2. The average molecular weight is 406 g/mol. The van der Waals surface area contributed by atoms with Crippen molar-refractivity contribution in [2.24, 2.45) is 0 Å². The molecule has 0 saturated carbocycles. The Morgan fingerprint density at radius 2 is 1.86 bits per heavy atom. The van der Waals surface area contributed by atoms with Crippen LogP contribution in [0.3, 0.4) is 0 Å². The highest BCUT2D eigenvalue weighted by Crippen LogP contribution is 2.34. The summed E-state index contributed by atoms with van der Waals surface area (Å²) in [6.45, 7) is 6.13. The van der Waals surface area contributed by atoms with Gasteiger partial charge in [-0.2, -0.15) is 0 Å². The minimum absolute atomic E-state index is 0.121. The second kappa shape index (κ2) is 8.86. The van der Waals surface area contributed by atoms with Crippen LogP contribution in [-0.4, -0.2) is 52.6 Å². The van der Waals surface area contributed by atoms with Gasteiger partial charge in [-0.3, -0.25) is 4.79 Å². The molecule has 1 saturated heterocycles. The summed E-state index contributed by atoms with van der Waals surface area (Å²) in [6.07, 6.45) is 3.28. The first-order valence-corrected chi connectivity index (χ1v) is 10.4. The molecule has 0 aliphatic carbocycles. The molecule has 2 heterocycles. The normalized spacial score (nSPS) is 20.7. The summed E-state index contributed by atoms with van der Waals surface area (Å²) in [5.41, 5.74) is 0.731. The van der Waals surface area contributed by atoms with Gasteiger partial charge in [0.2, 0.25) is 11.8 Å². The van der Waals surface area contributed by atoms with E-state index in [-0.39, 0.29) is 23.2 Å². The highest BCUT2D eigenvalue weighted by molar-refractivity contribution is 8.00. The van der Waals surface area contributed by atoms with Crippen molar-refractivity contribution in [1.82, 2.24) is 15.1 Å². The molecule has 1 aromatic carbocycles. The van der Waals surface area contributed by atoms with Crippen LogP contribution in [0, 0.1) is 0 Å². The lowest BCUT2D eigenvalue weighted by atomic mass is 9.97. The number of ether oxygens (including phenoxy) is 2. The molecule has 2 aromatic rings. The van der Waals surface area contributed by atoms with Crippen molar-refractivity contribution in [3.8, 4) is 23.0 Å². The standard InChI is InChI=1S/C20H27N3O4S/c1-12-7-6-8-13(2)23(12)19(24)14(3)28-20-22-21-18(27-20)15-9-10-16(25-4)17(11-15)26-5/h9-14H,6-8H2,1-5H3/t12-,13+,14-/m1/s1. The van der Waals surface area contributed by atoms with Crippen LogP contribution in [0.15, 0.2) is 27.8 Å². The van der Waals surface area contributed by atoms with Crippen molar-refractivity contribution in [1.29, 1.82) is 0 Å². The Kier molecular flexibility index (Phi) is 6.49. The minimum atomic E-state index is -0.290. The van der Waals surface area contributed by atoms with Crippen LogP contribution in [0.2, 0.25) is 0 Å². The van der Waals surface area contributed by atoms with E-state index in [1.54, 1.807) is 26.4 Å². The summed E-state index contributed by atoms with van der Waals surface area (Å²) in [7, 11) is 3.16. The lowest BCUT2D eigenvalue weighted by Gasteiger charge is -2.40. The first-order valence-electron chi connectivity index (χ1n) is 9.49.